The molecule has 0 aromatic heterocycles. The number of amides is 1. The van der Waals surface area contributed by atoms with Crippen LogP contribution in [0.25, 0.3) is 0 Å². The molecule has 0 aliphatic heterocycles. The Hall–Kier alpha value is -2.64. The summed E-state index contributed by atoms with van der Waals surface area (Å²) in [5, 5.41) is 2.75. The van der Waals surface area contributed by atoms with Gasteiger partial charge in [0.2, 0.25) is 0 Å². The van der Waals surface area contributed by atoms with E-state index in [4.69, 9.17) is 0 Å². The molecule has 0 radical (unpaired) electrons. The van der Waals surface area contributed by atoms with Crippen LogP contribution in [0.3, 0.4) is 0 Å². The molecule has 0 saturated carbocycles. The van der Waals surface area contributed by atoms with Crippen LogP contribution < -0.4 is 10.0 Å². The number of sulfonamides is 1. The van der Waals surface area contributed by atoms with Crippen LogP contribution in [-0.4, -0.2) is 14.3 Å². The number of benzene rings is 3. The van der Waals surface area contributed by atoms with Crippen LogP contribution in [-0.2, 0) is 10.0 Å². The van der Waals surface area contributed by atoms with E-state index in [9.17, 15) is 13.2 Å². The molecule has 27 heavy (non-hydrogen) atoms. The first-order valence-corrected chi connectivity index (χ1v) is 10.4. The zero-order valence-electron chi connectivity index (χ0n) is 14.4. The van der Waals surface area contributed by atoms with Gasteiger partial charge in [0.1, 0.15) is 0 Å². The Labute approximate surface area is 166 Å². The van der Waals surface area contributed by atoms with Crippen molar-refractivity contribution in [1.82, 2.24) is 0 Å². The van der Waals surface area contributed by atoms with Crippen LogP contribution in [0, 0.1) is 6.92 Å². The lowest BCUT2D eigenvalue weighted by Crippen LogP contribution is -2.16. The van der Waals surface area contributed by atoms with Gasteiger partial charge in [0, 0.05) is 21.4 Å². The summed E-state index contributed by atoms with van der Waals surface area (Å²) in [6.07, 6.45) is 0. The summed E-state index contributed by atoms with van der Waals surface area (Å²) in [6.45, 7) is 1.88. The molecule has 138 valence electrons. The van der Waals surface area contributed by atoms with Crippen LogP contribution in [0.2, 0.25) is 0 Å². The molecular weight excluding hydrogens is 428 g/mol. The van der Waals surface area contributed by atoms with Crippen LogP contribution in [0.5, 0.6) is 0 Å². The van der Waals surface area contributed by atoms with Crippen LogP contribution >= 0.6 is 15.9 Å². The Morgan fingerprint density at radius 1 is 0.889 bits per heavy atom. The van der Waals surface area contributed by atoms with Crippen molar-refractivity contribution >= 4 is 43.2 Å². The molecule has 1 amide bonds. The minimum Gasteiger partial charge on any atom is -0.322 e. The number of carbonyl (C=O) groups is 1. The summed E-state index contributed by atoms with van der Waals surface area (Å²) in [6, 6.07) is 20.1. The Kier molecular flexibility index (Phi) is 5.62. The average Bonchev–Trinajstić information content (AvgIpc) is 2.61. The predicted molar refractivity (Wildman–Crippen MR) is 111 cm³/mol. The SMILES string of the molecule is Cc1cccc(NS(=O)(=O)c2cccc(C(=O)Nc3cccc(Br)c3)c2)c1. The Morgan fingerprint density at radius 3 is 2.33 bits per heavy atom. The zero-order valence-corrected chi connectivity index (χ0v) is 16.8. The number of hydrogen-bond donors (Lipinski definition) is 2. The van der Waals surface area contributed by atoms with Gasteiger partial charge in [-0.3, -0.25) is 9.52 Å². The second-order valence-corrected chi connectivity index (χ2v) is 8.57. The summed E-state index contributed by atoms with van der Waals surface area (Å²) in [7, 11) is -3.80. The van der Waals surface area contributed by atoms with Crippen molar-refractivity contribution < 1.29 is 13.2 Å². The maximum absolute atomic E-state index is 12.6. The first-order chi connectivity index (χ1) is 12.8. The second kappa shape index (κ2) is 7.94. The fourth-order valence-corrected chi connectivity index (χ4v) is 3.99. The number of aryl methyl sites for hydroxylation is 1. The first kappa shape index (κ1) is 19.1. The topological polar surface area (TPSA) is 75.3 Å². The standard InChI is InChI=1S/C20H17BrN2O3S/c1-14-5-2-9-18(11-14)23-27(25,26)19-10-3-6-15(12-19)20(24)22-17-8-4-7-16(21)13-17/h2-13,23H,1H3,(H,22,24). The molecule has 0 spiro atoms. The largest absolute Gasteiger partial charge is 0.322 e. The Balaban J connectivity index is 1.82. The summed E-state index contributed by atoms with van der Waals surface area (Å²) >= 11 is 3.34. The lowest BCUT2D eigenvalue weighted by Gasteiger charge is -2.10. The third-order valence-electron chi connectivity index (χ3n) is 3.76. The van der Waals surface area contributed by atoms with Gasteiger partial charge >= 0.3 is 0 Å². The highest BCUT2D eigenvalue weighted by Gasteiger charge is 2.17. The van der Waals surface area contributed by atoms with Crippen molar-refractivity contribution in [3.8, 4) is 0 Å². The number of carbonyl (C=O) groups excluding carboxylic acids is 1. The number of nitrogens with one attached hydrogen (secondary N) is 2. The quantitative estimate of drug-likeness (QED) is 0.592. The van der Waals surface area contributed by atoms with Gasteiger partial charge in [-0.05, 0) is 61.0 Å². The monoisotopic (exact) mass is 444 g/mol. The highest BCUT2D eigenvalue weighted by molar-refractivity contribution is 9.10. The molecule has 3 rings (SSSR count). The maximum Gasteiger partial charge on any atom is 0.261 e. The fraction of sp³-hybridized carbons (Fsp3) is 0.0500. The molecule has 0 aliphatic rings. The average molecular weight is 445 g/mol. The number of hydrogen-bond acceptors (Lipinski definition) is 3. The molecule has 0 heterocycles. The third-order valence-corrected chi connectivity index (χ3v) is 5.63. The van der Waals surface area contributed by atoms with E-state index in [-0.39, 0.29) is 16.4 Å². The van der Waals surface area contributed by atoms with Crippen molar-refractivity contribution in [1.29, 1.82) is 0 Å². The van der Waals surface area contributed by atoms with Gasteiger partial charge in [0.15, 0.2) is 0 Å². The van der Waals surface area contributed by atoms with Gasteiger partial charge in [-0.1, -0.05) is 40.2 Å². The number of halogens is 1. The molecule has 0 unspecified atom stereocenters. The van der Waals surface area contributed by atoms with Crippen LogP contribution in [0.1, 0.15) is 15.9 Å². The van der Waals surface area contributed by atoms with Crippen LogP contribution in [0.15, 0.2) is 82.2 Å². The van der Waals surface area contributed by atoms with E-state index in [1.807, 2.05) is 19.1 Å². The normalized spacial score (nSPS) is 11.0. The van der Waals surface area contributed by atoms with E-state index >= 15 is 0 Å². The van der Waals surface area contributed by atoms with Crippen LogP contribution in [0.4, 0.5) is 11.4 Å². The second-order valence-electron chi connectivity index (χ2n) is 5.97. The molecule has 3 aromatic rings. The Morgan fingerprint density at radius 2 is 1.59 bits per heavy atom. The van der Waals surface area contributed by atoms with Crippen molar-refractivity contribution in [3.63, 3.8) is 0 Å². The van der Waals surface area contributed by atoms with Gasteiger partial charge in [0.25, 0.3) is 15.9 Å². The molecule has 0 fully saturated rings. The molecule has 0 bridgehead atoms. The van der Waals surface area contributed by atoms with Gasteiger partial charge in [-0.15, -0.1) is 0 Å². The van der Waals surface area contributed by atoms with E-state index in [1.165, 1.54) is 12.1 Å². The molecule has 0 aliphatic carbocycles. The number of anilines is 2. The first-order valence-electron chi connectivity index (χ1n) is 8.10. The minimum absolute atomic E-state index is 0.0194. The lowest BCUT2D eigenvalue weighted by atomic mass is 10.2. The summed E-state index contributed by atoms with van der Waals surface area (Å²) in [5.74, 6) is -0.388. The van der Waals surface area contributed by atoms with E-state index < -0.39 is 10.0 Å². The molecule has 7 heteroatoms. The Bertz CT molecular complexity index is 1100. The summed E-state index contributed by atoms with van der Waals surface area (Å²) < 4.78 is 28.6. The van der Waals surface area contributed by atoms with E-state index in [1.54, 1.807) is 48.5 Å². The smallest absolute Gasteiger partial charge is 0.261 e. The molecule has 0 saturated heterocycles. The van der Waals surface area contributed by atoms with Gasteiger partial charge in [-0.25, -0.2) is 8.42 Å². The fourth-order valence-electron chi connectivity index (χ4n) is 2.50. The van der Waals surface area contributed by atoms with Crippen molar-refractivity contribution in [2.45, 2.75) is 11.8 Å². The summed E-state index contributed by atoms with van der Waals surface area (Å²) in [4.78, 5) is 12.5. The van der Waals surface area contributed by atoms with Crippen molar-refractivity contribution in [2.75, 3.05) is 10.0 Å². The molecular formula is C20H17BrN2O3S. The van der Waals surface area contributed by atoms with E-state index in [0.29, 0.717) is 11.4 Å². The highest BCUT2D eigenvalue weighted by atomic mass is 79.9. The minimum atomic E-state index is -3.80. The summed E-state index contributed by atoms with van der Waals surface area (Å²) in [5.41, 5.74) is 2.28. The lowest BCUT2D eigenvalue weighted by molar-refractivity contribution is 0.102. The highest BCUT2D eigenvalue weighted by Crippen LogP contribution is 2.20. The molecule has 0 atom stereocenters. The van der Waals surface area contributed by atoms with E-state index in [0.717, 1.165) is 10.0 Å². The molecule has 5 nitrogen and oxygen atoms in total. The zero-order chi connectivity index (χ0) is 19.4. The van der Waals surface area contributed by atoms with Gasteiger partial charge in [0.05, 0.1) is 4.90 Å². The van der Waals surface area contributed by atoms with Gasteiger partial charge < -0.3 is 5.32 Å². The predicted octanol–water partition coefficient (Wildman–Crippen LogP) is 4.81. The third kappa shape index (κ3) is 4.96. The molecule has 3 aromatic carbocycles. The van der Waals surface area contributed by atoms with Crippen molar-refractivity contribution in [3.05, 3.63) is 88.4 Å². The van der Waals surface area contributed by atoms with Crippen molar-refractivity contribution in [2.24, 2.45) is 0 Å². The van der Waals surface area contributed by atoms with Gasteiger partial charge in [-0.2, -0.15) is 0 Å². The number of rotatable bonds is 5. The maximum atomic E-state index is 12.6. The molecule has 2 N–H and O–H groups in total. The van der Waals surface area contributed by atoms with E-state index in [2.05, 4.69) is 26.0 Å².